The predicted molar refractivity (Wildman–Crippen MR) is 71.1 cm³/mol. The smallest absolute Gasteiger partial charge is 0.123 e. The highest BCUT2D eigenvalue weighted by Crippen LogP contribution is 2.23. The molecule has 1 heterocycles. The lowest BCUT2D eigenvalue weighted by Crippen LogP contribution is -2.30. The van der Waals surface area contributed by atoms with Gasteiger partial charge in [0, 0.05) is 17.7 Å². The van der Waals surface area contributed by atoms with Crippen molar-refractivity contribution in [2.75, 3.05) is 0 Å². The molecule has 1 aromatic heterocycles. The zero-order chi connectivity index (χ0) is 13.1. The lowest BCUT2D eigenvalue weighted by molar-refractivity contribution is 0.536. The standard InChI is InChI=1S/C12H14BrFN4/c1-18-6-12(16-7-18)11(17-15)5-8-4-9(14)2-3-10(8)13/h2-4,6-7,11,17H,5,15H2,1H3. The molecule has 2 rings (SSSR count). The van der Waals surface area contributed by atoms with Gasteiger partial charge in [0.15, 0.2) is 0 Å². The molecule has 0 radical (unpaired) electrons. The van der Waals surface area contributed by atoms with Gasteiger partial charge in [-0.3, -0.25) is 11.3 Å². The van der Waals surface area contributed by atoms with E-state index in [1.165, 1.54) is 12.1 Å². The van der Waals surface area contributed by atoms with Gasteiger partial charge in [-0.1, -0.05) is 15.9 Å². The second-order valence-electron chi connectivity index (χ2n) is 4.12. The topological polar surface area (TPSA) is 55.9 Å². The van der Waals surface area contributed by atoms with Crippen molar-refractivity contribution in [1.29, 1.82) is 0 Å². The van der Waals surface area contributed by atoms with Crippen LogP contribution >= 0.6 is 15.9 Å². The van der Waals surface area contributed by atoms with Crippen molar-refractivity contribution in [2.24, 2.45) is 12.9 Å². The Labute approximate surface area is 113 Å². The second kappa shape index (κ2) is 5.60. The van der Waals surface area contributed by atoms with Crippen LogP contribution < -0.4 is 11.3 Å². The van der Waals surface area contributed by atoms with E-state index in [-0.39, 0.29) is 11.9 Å². The quantitative estimate of drug-likeness (QED) is 0.671. The van der Waals surface area contributed by atoms with Crippen LogP contribution in [0.25, 0.3) is 0 Å². The molecule has 0 spiro atoms. The summed E-state index contributed by atoms with van der Waals surface area (Å²) in [5.41, 5.74) is 4.39. The lowest BCUT2D eigenvalue weighted by Gasteiger charge is -2.14. The summed E-state index contributed by atoms with van der Waals surface area (Å²) in [5, 5.41) is 0. The van der Waals surface area contributed by atoms with Crippen molar-refractivity contribution in [3.05, 3.63) is 52.3 Å². The Balaban J connectivity index is 2.22. The van der Waals surface area contributed by atoms with E-state index in [9.17, 15) is 4.39 Å². The van der Waals surface area contributed by atoms with Crippen LogP contribution in [0.2, 0.25) is 0 Å². The Morgan fingerprint density at radius 1 is 1.56 bits per heavy atom. The van der Waals surface area contributed by atoms with Crippen molar-refractivity contribution in [3.63, 3.8) is 0 Å². The molecule has 3 N–H and O–H groups in total. The van der Waals surface area contributed by atoms with E-state index < -0.39 is 0 Å². The number of hydrazine groups is 1. The molecule has 2 aromatic rings. The monoisotopic (exact) mass is 312 g/mol. The zero-order valence-electron chi connectivity index (χ0n) is 9.90. The summed E-state index contributed by atoms with van der Waals surface area (Å²) < 4.78 is 15.9. The Bertz CT molecular complexity index is 541. The van der Waals surface area contributed by atoms with Crippen LogP contribution in [0.3, 0.4) is 0 Å². The first-order valence-corrected chi connectivity index (χ1v) is 6.27. The third-order valence-electron chi connectivity index (χ3n) is 2.71. The summed E-state index contributed by atoms with van der Waals surface area (Å²) in [7, 11) is 1.89. The van der Waals surface area contributed by atoms with E-state index in [4.69, 9.17) is 5.84 Å². The second-order valence-corrected chi connectivity index (χ2v) is 4.98. The van der Waals surface area contributed by atoms with E-state index in [1.54, 1.807) is 12.4 Å². The number of nitrogens with two attached hydrogens (primary N) is 1. The van der Waals surface area contributed by atoms with Gasteiger partial charge in [-0.15, -0.1) is 0 Å². The van der Waals surface area contributed by atoms with E-state index in [0.717, 1.165) is 15.7 Å². The molecule has 4 nitrogen and oxygen atoms in total. The summed E-state index contributed by atoms with van der Waals surface area (Å²) in [6.45, 7) is 0. The third-order valence-corrected chi connectivity index (χ3v) is 3.49. The fraction of sp³-hybridized carbons (Fsp3) is 0.250. The Morgan fingerprint density at radius 2 is 2.33 bits per heavy atom. The van der Waals surface area contributed by atoms with Gasteiger partial charge in [0.1, 0.15) is 5.82 Å². The third kappa shape index (κ3) is 2.95. The molecule has 0 bridgehead atoms. The number of rotatable bonds is 4. The number of hydrogen-bond donors (Lipinski definition) is 2. The molecule has 0 saturated heterocycles. The molecular weight excluding hydrogens is 299 g/mol. The van der Waals surface area contributed by atoms with E-state index >= 15 is 0 Å². The van der Waals surface area contributed by atoms with Gasteiger partial charge in [-0.25, -0.2) is 9.37 Å². The molecule has 0 aliphatic heterocycles. The number of imidazole rings is 1. The molecule has 18 heavy (non-hydrogen) atoms. The molecule has 96 valence electrons. The van der Waals surface area contributed by atoms with Crippen LogP contribution in [0.5, 0.6) is 0 Å². The van der Waals surface area contributed by atoms with Crippen LogP contribution in [0.1, 0.15) is 17.3 Å². The predicted octanol–water partition coefficient (Wildman–Crippen LogP) is 2.07. The van der Waals surface area contributed by atoms with Crippen molar-refractivity contribution < 1.29 is 4.39 Å². The summed E-state index contributed by atoms with van der Waals surface area (Å²) in [6, 6.07) is 4.46. The van der Waals surface area contributed by atoms with Gasteiger partial charge < -0.3 is 4.57 Å². The first kappa shape index (κ1) is 13.2. The maximum absolute atomic E-state index is 13.2. The van der Waals surface area contributed by atoms with E-state index in [2.05, 4.69) is 26.3 Å². The maximum Gasteiger partial charge on any atom is 0.123 e. The number of hydrogen-bond acceptors (Lipinski definition) is 3. The molecule has 0 saturated carbocycles. The maximum atomic E-state index is 13.2. The van der Waals surface area contributed by atoms with Gasteiger partial charge in [-0.2, -0.15) is 0 Å². The molecule has 0 amide bonds. The van der Waals surface area contributed by atoms with Crippen molar-refractivity contribution in [1.82, 2.24) is 15.0 Å². The van der Waals surface area contributed by atoms with Crippen molar-refractivity contribution in [3.8, 4) is 0 Å². The lowest BCUT2D eigenvalue weighted by atomic mass is 10.0. The first-order chi connectivity index (χ1) is 8.60. The first-order valence-electron chi connectivity index (χ1n) is 5.48. The number of nitrogens with zero attached hydrogens (tertiary/aromatic N) is 2. The average Bonchev–Trinajstić information content (AvgIpc) is 2.77. The van der Waals surface area contributed by atoms with Gasteiger partial charge in [0.25, 0.3) is 0 Å². The number of nitrogens with one attached hydrogen (secondary N) is 1. The van der Waals surface area contributed by atoms with Gasteiger partial charge in [0.2, 0.25) is 0 Å². The van der Waals surface area contributed by atoms with E-state index in [1.807, 2.05) is 17.8 Å². The van der Waals surface area contributed by atoms with Crippen LogP contribution in [-0.4, -0.2) is 9.55 Å². The van der Waals surface area contributed by atoms with Gasteiger partial charge in [-0.05, 0) is 30.2 Å². The molecule has 0 aliphatic carbocycles. The van der Waals surface area contributed by atoms with Crippen molar-refractivity contribution >= 4 is 15.9 Å². The molecule has 0 aliphatic rings. The van der Waals surface area contributed by atoms with Crippen LogP contribution in [-0.2, 0) is 13.5 Å². The molecule has 1 aromatic carbocycles. The van der Waals surface area contributed by atoms with Crippen LogP contribution in [0.4, 0.5) is 4.39 Å². The van der Waals surface area contributed by atoms with Gasteiger partial charge in [0.05, 0.1) is 18.1 Å². The van der Waals surface area contributed by atoms with Crippen molar-refractivity contribution in [2.45, 2.75) is 12.5 Å². The molecule has 6 heteroatoms. The molecule has 1 atom stereocenters. The average molecular weight is 313 g/mol. The fourth-order valence-corrected chi connectivity index (χ4v) is 2.19. The number of benzene rings is 1. The summed E-state index contributed by atoms with van der Waals surface area (Å²) in [4.78, 5) is 4.25. The molecule has 1 unspecified atom stereocenters. The highest BCUT2D eigenvalue weighted by molar-refractivity contribution is 9.10. The minimum Gasteiger partial charge on any atom is -0.340 e. The van der Waals surface area contributed by atoms with E-state index in [0.29, 0.717) is 6.42 Å². The molecular formula is C12H14BrFN4. The highest BCUT2D eigenvalue weighted by Gasteiger charge is 2.15. The Morgan fingerprint density at radius 3 is 2.94 bits per heavy atom. The zero-order valence-corrected chi connectivity index (χ0v) is 11.5. The summed E-state index contributed by atoms with van der Waals surface area (Å²) in [6.07, 6.45) is 4.16. The normalized spacial score (nSPS) is 12.7. The number of aryl methyl sites for hydroxylation is 1. The SMILES string of the molecule is Cn1cnc(C(Cc2cc(F)ccc2Br)NN)c1. The number of aromatic nitrogens is 2. The van der Waals surface area contributed by atoms with Crippen LogP contribution in [0, 0.1) is 5.82 Å². The Kier molecular flexibility index (Phi) is 4.11. The molecule has 0 fully saturated rings. The minimum absolute atomic E-state index is 0.149. The summed E-state index contributed by atoms with van der Waals surface area (Å²) in [5.74, 6) is 5.28. The highest BCUT2D eigenvalue weighted by atomic mass is 79.9. The fourth-order valence-electron chi connectivity index (χ4n) is 1.78. The largest absolute Gasteiger partial charge is 0.340 e. The minimum atomic E-state index is -0.259. The van der Waals surface area contributed by atoms with Gasteiger partial charge >= 0.3 is 0 Å². The number of halogens is 2. The van der Waals surface area contributed by atoms with Crippen LogP contribution in [0.15, 0.2) is 35.2 Å². The summed E-state index contributed by atoms with van der Waals surface area (Å²) >= 11 is 3.41. The Hall–Kier alpha value is -1.24.